The summed E-state index contributed by atoms with van der Waals surface area (Å²) in [6.45, 7) is 12.1. The number of hydrogen-bond acceptors (Lipinski definition) is 0. The van der Waals surface area contributed by atoms with Crippen molar-refractivity contribution in [1.29, 1.82) is 0 Å². The minimum Gasteiger partial charge on any atom is -0.103 e. The summed E-state index contributed by atoms with van der Waals surface area (Å²) >= 11 is 0. The van der Waals surface area contributed by atoms with E-state index in [-0.39, 0.29) is 0 Å². The Morgan fingerprint density at radius 3 is 1.42 bits per heavy atom. The molecule has 2 atom stereocenters. The van der Waals surface area contributed by atoms with Gasteiger partial charge >= 0.3 is 0 Å². The normalized spacial score (nSPS) is 15.2. The van der Waals surface area contributed by atoms with Gasteiger partial charge in [-0.25, -0.2) is 0 Å². The van der Waals surface area contributed by atoms with Crippen LogP contribution in [0.1, 0.15) is 39.5 Å². The molecule has 0 aromatic rings. The molecule has 0 aliphatic rings. The molecule has 0 heterocycles. The van der Waals surface area contributed by atoms with E-state index in [1.807, 2.05) is 12.2 Å². The van der Waals surface area contributed by atoms with Crippen LogP contribution in [0.2, 0.25) is 0 Å². The van der Waals surface area contributed by atoms with Crippen molar-refractivity contribution >= 4 is 0 Å². The second-order valence-electron chi connectivity index (χ2n) is 3.39. The van der Waals surface area contributed by atoms with Gasteiger partial charge in [-0.1, -0.05) is 38.8 Å². The fraction of sp³-hybridized carbons (Fsp3) is 0.667. The van der Waals surface area contributed by atoms with Gasteiger partial charge in [0.25, 0.3) is 0 Å². The highest BCUT2D eigenvalue weighted by atomic mass is 14.2. The lowest BCUT2D eigenvalue weighted by molar-refractivity contribution is 0.318. The quantitative estimate of drug-likeness (QED) is 0.497. The molecule has 70 valence electrons. The summed E-state index contributed by atoms with van der Waals surface area (Å²) < 4.78 is 0. The Labute approximate surface area is 77.4 Å². The van der Waals surface area contributed by atoms with Crippen LogP contribution in [0.25, 0.3) is 0 Å². The van der Waals surface area contributed by atoms with Gasteiger partial charge in [-0.3, -0.25) is 0 Å². The maximum Gasteiger partial charge on any atom is -0.0322 e. The van der Waals surface area contributed by atoms with Gasteiger partial charge in [0.1, 0.15) is 0 Å². The predicted molar refractivity (Wildman–Crippen MR) is 57.2 cm³/mol. The Morgan fingerprint density at radius 2 is 1.25 bits per heavy atom. The largest absolute Gasteiger partial charge is 0.103 e. The predicted octanol–water partition coefficient (Wildman–Crippen LogP) is 4.19. The van der Waals surface area contributed by atoms with Gasteiger partial charge in [-0.05, 0) is 24.7 Å². The van der Waals surface area contributed by atoms with Crippen molar-refractivity contribution in [1.82, 2.24) is 0 Å². The number of rotatable bonds is 7. The average molecular weight is 166 g/mol. The van der Waals surface area contributed by atoms with E-state index in [2.05, 4.69) is 27.0 Å². The summed E-state index contributed by atoms with van der Waals surface area (Å²) in [4.78, 5) is 0. The molecule has 0 rings (SSSR count). The Bertz CT molecular complexity index is 108. The smallest absolute Gasteiger partial charge is 0.0322 e. The first kappa shape index (κ1) is 11.5. The second-order valence-corrected chi connectivity index (χ2v) is 3.39. The molecule has 0 saturated carbocycles. The SMILES string of the molecule is C=CCC(CC)C(CC)CC=C. The Kier molecular flexibility index (Phi) is 6.84. The fourth-order valence-electron chi connectivity index (χ4n) is 1.81. The molecule has 0 aliphatic carbocycles. The second kappa shape index (κ2) is 7.15. The topological polar surface area (TPSA) is 0 Å². The standard InChI is InChI=1S/C12H22/c1-5-9-11(7-3)12(8-4)10-6-2/h5-6,11-12H,1-2,7-10H2,3-4H3. The van der Waals surface area contributed by atoms with Crippen molar-refractivity contribution in [3.63, 3.8) is 0 Å². The third-order valence-electron chi connectivity index (χ3n) is 2.65. The van der Waals surface area contributed by atoms with Gasteiger partial charge < -0.3 is 0 Å². The zero-order valence-corrected chi connectivity index (χ0v) is 8.55. The maximum atomic E-state index is 3.80. The lowest BCUT2D eigenvalue weighted by Crippen LogP contribution is -2.11. The molecule has 0 aliphatic heterocycles. The molecular formula is C12H22. The Hall–Kier alpha value is -0.520. The molecule has 0 fully saturated rings. The fourth-order valence-corrected chi connectivity index (χ4v) is 1.81. The Morgan fingerprint density at radius 1 is 0.917 bits per heavy atom. The summed E-state index contributed by atoms with van der Waals surface area (Å²) in [5, 5.41) is 0. The molecule has 0 amide bonds. The van der Waals surface area contributed by atoms with Crippen LogP contribution in [-0.4, -0.2) is 0 Å². The summed E-state index contributed by atoms with van der Waals surface area (Å²) in [5.74, 6) is 1.62. The molecule has 2 unspecified atom stereocenters. The van der Waals surface area contributed by atoms with Crippen molar-refractivity contribution in [3.8, 4) is 0 Å². The molecule has 0 spiro atoms. The van der Waals surface area contributed by atoms with Crippen molar-refractivity contribution in [2.45, 2.75) is 39.5 Å². The third-order valence-corrected chi connectivity index (χ3v) is 2.65. The summed E-state index contributed by atoms with van der Waals surface area (Å²) in [6, 6.07) is 0. The van der Waals surface area contributed by atoms with Crippen LogP contribution in [0, 0.1) is 11.8 Å². The maximum absolute atomic E-state index is 3.80. The van der Waals surface area contributed by atoms with Crippen molar-refractivity contribution in [3.05, 3.63) is 25.3 Å². The van der Waals surface area contributed by atoms with Crippen LogP contribution in [0.5, 0.6) is 0 Å². The Balaban J connectivity index is 4.00. The van der Waals surface area contributed by atoms with E-state index in [1.165, 1.54) is 12.8 Å². The summed E-state index contributed by atoms with van der Waals surface area (Å²) in [5.41, 5.74) is 0. The van der Waals surface area contributed by atoms with Gasteiger partial charge in [-0.2, -0.15) is 0 Å². The van der Waals surface area contributed by atoms with E-state index in [4.69, 9.17) is 0 Å². The average Bonchev–Trinajstić information content (AvgIpc) is 2.11. The minimum atomic E-state index is 0.811. The highest BCUT2D eigenvalue weighted by molar-refractivity contribution is 4.81. The molecule has 12 heavy (non-hydrogen) atoms. The van der Waals surface area contributed by atoms with Crippen molar-refractivity contribution in [2.75, 3.05) is 0 Å². The summed E-state index contributed by atoms with van der Waals surface area (Å²) in [7, 11) is 0. The van der Waals surface area contributed by atoms with Crippen molar-refractivity contribution in [2.24, 2.45) is 11.8 Å². The monoisotopic (exact) mass is 166 g/mol. The highest BCUT2D eigenvalue weighted by Crippen LogP contribution is 2.26. The van der Waals surface area contributed by atoms with E-state index in [0.717, 1.165) is 24.7 Å². The van der Waals surface area contributed by atoms with Crippen LogP contribution < -0.4 is 0 Å². The highest BCUT2D eigenvalue weighted by Gasteiger charge is 2.14. The first-order valence-corrected chi connectivity index (χ1v) is 5.01. The minimum absolute atomic E-state index is 0.811. The third kappa shape index (κ3) is 3.75. The molecular weight excluding hydrogens is 144 g/mol. The van der Waals surface area contributed by atoms with E-state index >= 15 is 0 Å². The van der Waals surface area contributed by atoms with Crippen LogP contribution in [0.3, 0.4) is 0 Å². The van der Waals surface area contributed by atoms with E-state index in [9.17, 15) is 0 Å². The van der Waals surface area contributed by atoms with Gasteiger partial charge in [0.05, 0.1) is 0 Å². The van der Waals surface area contributed by atoms with Gasteiger partial charge in [-0.15, -0.1) is 13.2 Å². The molecule has 0 nitrogen and oxygen atoms in total. The first-order valence-electron chi connectivity index (χ1n) is 5.01. The first-order chi connectivity index (χ1) is 5.79. The van der Waals surface area contributed by atoms with Crippen molar-refractivity contribution < 1.29 is 0 Å². The zero-order chi connectivity index (χ0) is 9.40. The van der Waals surface area contributed by atoms with Gasteiger partial charge in [0.2, 0.25) is 0 Å². The van der Waals surface area contributed by atoms with E-state index in [1.54, 1.807) is 0 Å². The molecule has 0 heteroatoms. The van der Waals surface area contributed by atoms with Crippen LogP contribution in [0.15, 0.2) is 25.3 Å². The van der Waals surface area contributed by atoms with Crippen LogP contribution >= 0.6 is 0 Å². The summed E-state index contributed by atoms with van der Waals surface area (Å²) in [6.07, 6.45) is 8.92. The van der Waals surface area contributed by atoms with Gasteiger partial charge in [0.15, 0.2) is 0 Å². The van der Waals surface area contributed by atoms with E-state index < -0.39 is 0 Å². The molecule has 0 aromatic carbocycles. The number of hydrogen-bond donors (Lipinski definition) is 0. The molecule has 0 N–H and O–H groups in total. The lowest BCUT2D eigenvalue weighted by atomic mass is 9.83. The molecule has 0 saturated heterocycles. The molecule has 0 radical (unpaired) electrons. The van der Waals surface area contributed by atoms with Crippen LogP contribution in [0.4, 0.5) is 0 Å². The molecule has 0 bridgehead atoms. The number of allylic oxidation sites excluding steroid dienone is 2. The van der Waals surface area contributed by atoms with Gasteiger partial charge in [0, 0.05) is 0 Å². The lowest BCUT2D eigenvalue weighted by Gasteiger charge is -2.22. The molecule has 0 aromatic heterocycles. The zero-order valence-electron chi connectivity index (χ0n) is 8.55. The van der Waals surface area contributed by atoms with Crippen LogP contribution in [-0.2, 0) is 0 Å². The van der Waals surface area contributed by atoms with E-state index in [0.29, 0.717) is 0 Å².